The average Bonchev–Trinajstić information content (AvgIpc) is 2.14. The lowest BCUT2D eigenvalue weighted by atomic mass is 10.1. The maximum absolute atomic E-state index is 11.4. The van der Waals surface area contributed by atoms with Gasteiger partial charge in [0.2, 0.25) is 5.91 Å². The number of hydrogen-bond donors (Lipinski definition) is 1. The van der Waals surface area contributed by atoms with E-state index >= 15 is 0 Å². The molecule has 84 valence electrons. The topological polar surface area (TPSA) is 38.3 Å². The predicted octanol–water partition coefficient (Wildman–Crippen LogP) is 1.79. The van der Waals surface area contributed by atoms with Gasteiger partial charge in [-0.05, 0) is 12.3 Å². The molecule has 0 aromatic heterocycles. The molecule has 0 saturated heterocycles. The number of carbonyl (C=O) groups excluding carboxylic acids is 1. The summed E-state index contributed by atoms with van der Waals surface area (Å²) in [4.78, 5) is 11.4. The average molecular weight is 222 g/mol. The molecule has 0 spiro atoms. The Bertz CT molecular complexity index is 162. The summed E-state index contributed by atoms with van der Waals surface area (Å²) in [5.74, 6) is 1.00. The monoisotopic (exact) mass is 221 g/mol. The summed E-state index contributed by atoms with van der Waals surface area (Å²) in [6, 6.07) is -0.0682. The van der Waals surface area contributed by atoms with E-state index in [4.69, 9.17) is 16.3 Å². The largest absolute Gasteiger partial charge is 0.383 e. The highest BCUT2D eigenvalue weighted by molar-refractivity contribution is 6.18. The van der Waals surface area contributed by atoms with Crippen molar-refractivity contribution < 1.29 is 9.53 Å². The highest BCUT2D eigenvalue weighted by Gasteiger charge is 2.10. The Balaban J connectivity index is 3.67. The van der Waals surface area contributed by atoms with Crippen LogP contribution in [0.15, 0.2) is 0 Å². The second kappa shape index (κ2) is 8.06. The Labute approximate surface area is 91.2 Å². The Morgan fingerprint density at radius 2 is 2.14 bits per heavy atom. The van der Waals surface area contributed by atoms with Crippen molar-refractivity contribution in [1.29, 1.82) is 0 Å². The molecule has 0 rings (SSSR count). The molecule has 0 bridgehead atoms. The van der Waals surface area contributed by atoms with Crippen LogP contribution >= 0.6 is 11.6 Å². The van der Waals surface area contributed by atoms with Crippen molar-refractivity contribution in [2.45, 2.75) is 32.7 Å². The summed E-state index contributed by atoms with van der Waals surface area (Å²) in [5, 5.41) is 2.83. The van der Waals surface area contributed by atoms with Crippen molar-refractivity contribution >= 4 is 17.5 Å². The SMILES string of the molecule is COCC(CCl)NC(=O)CCC(C)C. The van der Waals surface area contributed by atoms with Gasteiger partial charge in [-0.2, -0.15) is 0 Å². The lowest BCUT2D eigenvalue weighted by Crippen LogP contribution is -2.39. The molecular formula is C10H20ClNO2. The van der Waals surface area contributed by atoms with Crippen molar-refractivity contribution in [2.24, 2.45) is 5.92 Å². The van der Waals surface area contributed by atoms with Crippen molar-refractivity contribution in [1.82, 2.24) is 5.32 Å². The van der Waals surface area contributed by atoms with E-state index in [-0.39, 0.29) is 11.9 Å². The first kappa shape index (κ1) is 13.7. The molecule has 0 saturated carbocycles. The molecule has 14 heavy (non-hydrogen) atoms. The number of amides is 1. The van der Waals surface area contributed by atoms with Crippen LogP contribution in [0, 0.1) is 5.92 Å². The lowest BCUT2D eigenvalue weighted by Gasteiger charge is -2.15. The van der Waals surface area contributed by atoms with Gasteiger partial charge in [-0.1, -0.05) is 13.8 Å². The van der Waals surface area contributed by atoms with Crippen LogP contribution in [0.5, 0.6) is 0 Å². The summed E-state index contributed by atoms with van der Waals surface area (Å²) in [6.07, 6.45) is 1.47. The predicted molar refractivity (Wildman–Crippen MR) is 58.6 cm³/mol. The maximum atomic E-state index is 11.4. The number of rotatable bonds is 7. The number of halogens is 1. The lowest BCUT2D eigenvalue weighted by molar-refractivity contribution is -0.122. The number of alkyl halides is 1. The van der Waals surface area contributed by atoms with E-state index in [2.05, 4.69) is 19.2 Å². The van der Waals surface area contributed by atoms with Gasteiger partial charge in [-0.3, -0.25) is 4.79 Å². The molecule has 1 unspecified atom stereocenters. The summed E-state index contributed by atoms with van der Waals surface area (Å²) >= 11 is 5.66. The minimum atomic E-state index is -0.0682. The van der Waals surface area contributed by atoms with Crippen LogP contribution < -0.4 is 5.32 Å². The van der Waals surface area contributed by atoms with Gasteiger partial charge in [-0.25, -0.2) is 0 Å². The van der Waals surface area contributed by atoms with Gasteiger partial charge in [-0.15, -0.1) is 11.6 Å². The number of nitrogens with one attached hydrogen (secondary N) is 1. The third kappa shape index (κ3) is 7.15. The van der Waals surface area contributed by atoms with Crippen molar-refractivity contribution in [3.8, 4) is 0 Å². The fourth-order valence-electron chi connectivity index (χ4n) is 1.05. The normalized spacial score (nSPS) is 12.9. The zero-order valence-corrected chi connectivity index (χ0v) is 9.93. The van der Waals surface area contributed by atoms with Crippen molar-refractivity contribution in [2.75, 3.05) is 19.6 Å². The molecule has 3 nitrogen and oxygen atoms in total. The van der Waals surface area contributed by atoms with E-state index < -0.39 is 0 Å². The van der Waals surface area contributed by atoms with E-state index in [1.807, 2.05) is 0 Å². The van der Waals surface area contributed by atoms with Crippen LogP contribution in [0.4, 0.5) is 0 Å². The van der Waals surface area contributed by atoms with Crippen LogP contribution in [-0.2, 0) is 9.53 Å². The molecule has 1 amide bonds. The molecule has 4 heteroatoms. The van der Waals surface area contributed by atoms with Crippen LogP contribution in [0.25, 0.3) is 0 Å². The Morgan fingerprint density at radius 1 is 1.50 bits per heavy atom. The zero-order valence-electron chi connectivity index (χ0n) is 9.18. The van der Waals surface area contributed by atoms with Crippen LogP contribution in [0.2, 0.25) is 0 Å². The molecule has 0 fully saturated rings. The smallest absolute Gasteiger partial charge is 0.220 e. The fraction of sp³-hybridized carbons (Fsp3) is 0.900. The molecule has 0 aliphatic rings. The first-order valence-corrected chi connectivity index (χ1v) is 5.47. The number of ether oxygens (including phenoxy) is 1. The van der Waals surface area contributed by atoms with E-state index in [1.165, 1.54) is 0 Å². The Hall–Kier alpha value is -0.280. The molecule has 0 aromatic carbocycles. The first-order chi connectivity index (χ1) is 6.60. The molecular weight excluding hydrogens is 202 g/mol. The highest BCUT2D eigenvalue weighted by atomic mass is 35.5. The van der Waals surface area contributed by atoms with E-state index in [1.54, 1.807) is 7.11 Å². The van der Waals surface area contributed by atoms with Gasteiger partial charge in [0, 0.05) is 19.4 Å². The third-order valence-corrected chi connectivity index (χ3v) is 2.24. The highest BCUT2D eigenvalue weighted by Crippen LogP contribution is 2.03. The molecule has 1 atom stereocenters. The summed E-state index contributed by atoms with van der Waals surface area (Å²) in [7, 11) is 1.60. The zero-order chi connectivity index (χ0) is 11.0. The van der Waals surface area contributed by atoms with Crippen molar-refractivity contribution in [3.05, 3.63) is 0 Å². The standard InChI is InChI=1S/C10H20ClNO2/c1-8(2)4-5-10(13)12-9(6-11)7-14-3/h8-9H,4-7H2,1-3H3,(H,12,13). The quantitative estimate of drug-likeness (QED) is 0.666. The second-order valence-corrected chi connectivity index (χ2v) is 4.12. The summed E-state index contributed by atoms with van der Waals surface area (Å²) in [5.41, 5.74) is 0. The molecule has 0 aliphatic carbocycles. The Kier molecular flexibility index (Phi) is 7.90. The van der Waals surface area contributed by atoms with E-state index in [0.29, 0.717) is 24.8 Å². The van der Waals surface area contributed by atoms with Crippen LogP contribution in [0.3, 0.4) is 0 Å². The summed E-state index contributed by atoms with van der Waals surface area (Å²) in [6.45, 7) is 4.67. The maximum Gasteiger partial charge on any atom is 0.220 e. The number of methoxy groups -OCH3 is 1. The van der Waals surface area contributed by atoms with Crippen LogP contribution in [0.1, 0.15) is 26.7 Å². The van der Waals surface area contributed by atoms with Gasteiger partial charge in [0.05, 0.1) is 12.6 Å². The van der Waals surface area contributed by atoms with Crippen molar-refractivity contribution in [3.63, 3.8) is 0 Å². The molecule has 0 aliphatic heterocycles. The summed E-state index contributed by atoms with van der Waals surface area (Å²) < 4.78 is 4.92. The number of hydrogen-bond acceptors (Lipinski definition) is 2. The van der Waals surface area contributed by atoms with Crippen LogP contribution in [-0.4, -0.2) is 31.5 Å². The second-order valence-electron chi connectivity index (χ2n) is 3.81. The minimum Gasteiger partial charge on any atom is -0.383 e. The van der Waals surface area contributed by atoms with Gasteiger partial charge < -0.3 is 10.1 Å². The molecule has 1 N–H and O–H groups in total. The Morgan fingerprint density at radius 3 is 2.57 bits per heavy atom. The minimum absolute atomic E-state index is 0.0569. The van der Waals surface area contributed by atoms with E-state index in [0.717, 1.165) is 6.42 Å². The molecule has 0 radical (unpaired) electrons. The fourth-order valence-corrected chi connectivity index (χ4v) is 1.21. The third-order valence-electron chi connectivity index (χ3n) is 1.87. The van der Waals surface area contributed by atoms with Gasteiger partial charge >= 0.3 is 0 Å². The first-order valence-electron chi connectivity index (χ1n) is 4.94. The van der Waals surface area contributed by atoms with Gasteiger partial charge in [0.15, 0.2) is 0 Å². The van der Waals surface area contributed by atoms with Gasteiger partial charge in [0.25, 0.3) is 0 Å². The number of carbonyl (C=O) groups is 1. The molecule has 0 aromatic rings. The van der Waals surface area contributed by atoms with Gasteiger partial charge in [0.1, 0.15) is 0 Å². The van der Waals surface area contributed by atoms with E-state index in [9.17, 15) is 4.79 Å². The molecule has 0 heterocycles.